The van der Waals surface area contributed by atoms with Crippen molar-refractivity contribution in [1.29, 1.82) is 0 Å². The quantitative estimate of drug-likeness (QED) is 0.600. The number of ether oxygens (including phenoxy) is 2. The van der Waals surface area contributed by atoms with Gasteiger partial charge in [0, 0.05) is 6.54 Å². The Hall–Kier alpha value is -0.120. The van der Waals surface area contributed by atoms with Crippen molar-refractivity contribution < 1.29 is 9.47 Å². The normalized spacial score (nSPS) is 19.4. The molecular weight excluding hydrogens is 142 g/mol. The predicted molar refractivity (Wildman–Crippen MR) is 43.5 cm³/mol. The van der Waals surface area contributed by atoms with Crippen LogP contribution in [0, 0.1) is 0 Å². The van der Waals surface area contributed by atoms with Gasteiger partial charge in [-0.3, -0.25) is 0 Å². The fourth-order valence-electron chi connectivity index (χ4n) is 1.05. The maximum Gasteiger partial charge on any atom is 0.170 e. The van der Waals surface area contributed by atoms with Crippen molar-refractivity contribution in [2.45, 2.75) is 26.1 Å². The lowest BCUT2D eigenvalue weighted by molar-refractivity contribution is -0.0389. The van der Waals surface area contributed by atoms with E-state index < -0.39 is 0 Å². The first-order chi connectivity index (χ1) is 5.43. The summed E-state index contributed by atoms with van der Waals surface area (Å²) in [5, 5.41) is 3.28. The van der Waals surface area contributed by atoms with E-state index in [0.29, 0.717) is 0 Å². The number of rotatable bonds is 5. The van der Waals surface area contributed by atoms with Gasteiger partial charge in [0.15, 0.2) is 6.29 Å². The van der Waals surface area contributed by atoms with Crippen LogP contribution in [0.2, 0.25) is 0 Å². The third-order valence-electron chi connectivity index (χ3n) is 1.71. The molecule has 0 aromatic heterocycles. The first kappa shape index (κ1) is 8.97. The van der Waals surface area contributed by atoms with Gasteiger partial charge < -0.3 is 14.8 Å². The van der Waals surface area contributed by atoms with E-state index in [-0.39, 0.29) is 6.29 Å². The average molecular weight is 159 g/mol. The molecule has 1 heterocycles. The molecule has 3 heteroatoms. The average Bonchev–Trinajstić information content (AvgIpc) is 2.50. The highest BCUT2D eigenvalue weighted by atomic mass is 16.7. The number of hydrogen-bond donors (Lipinski definition) is 1. The lowest BCUT2D eigenvalue weighted by Crippen LogP contribution is -2.28. The molecule has 0 aromatic carbocycles. The smallest absolute Gasteiger partial charge is 0.170 e. The predicted octanol–water partition coefficient (Wildman–Crippen LogP) is 0.749. The summed E-state index contributed by atoms with van der Waals surface area (Å²) < 4.78 is 10.5. The molecule has 0 radical (unpaired) electrons. The molecule has 66 valence electrons. The molecule has 3 nitrogen and oxygen atoms in total. The minimum atomic E-state index is 0.00635. The Balaban J connectivity index is 1.86. The molecule has 11 heavy (non-hydrogen) atoms. The van der Waals surface area contributed by atoms with Crippen LogP contribution in [0.15, 0.2) is 0 Å². The molecule has 1 saturated heterocycles. The maximum absolute atomic E-state index is 5.25. The van der Waals surface area contributed by atoms with Crippen molar-refractivity contribution in [1.82, 2.24) is 5.32 Å². The summed E-state index contributed by atoms with van der Waals surface area (Å²) in [6.07, 6.45) is 2.47. The van der Waals surface area contributed by atoms with Gasteiger partial charge in [0.2, 0.25) is 0 Å². The highest BCUT2D eigenvalue weighted by molar-refractivity contribution is 4.55. The molecule has 1 aliphatic heterocycles. The summed E-state index contributed by atoms with van der Waals surface area (Å²) in [7, 11) is 0. The van der Waals surface area contributed by atoms with Crippen molar-refractivity contribution in [2.24, 2.45) is 0 Å². The van der Waals surface area contributed by atoms with Crippen LogP contribution >= 0.6 is 0 Å². The molecule has 0 saturated carbocycles. The Labute approximate surface area is 68.1 Å². The first-order valence-corrected chi connectivity index (χ1v) is 4.37. The van der Waals surface area contributed by atoms with Crippen LogP contribution in [-0.4, -0.2) is 32.6 Å². The standard InChI is InChI=1S/C8H17NO2/c1-2-3-4-9-7-8-10-5-6-11-8/h8-9H,2-7H2,1H3. The van der Waals surface area contributed by atoms with Gasteiger partial charge in [-0.2, -0.15) is 0 Å². The molecule has 0 atom stereocenters. The zero-order valence-electron chi connectivity index (χ0n) is 7.14. The highest BCUT2D eigenvalue weighted by Crippen LogP contribution is 2.01. The summed E-state index contributed by atoms with van der Waals surface area (Å²) in [5.74, 6) is 0. The molecule has 1 rings (SSSR count). The second kappa shape index (κ2) is 5.52. The number of nitrogens with one attached hydrogen (secondary N) is 1. The number of unbranched alkanes of at least 4 members (excludes halogenated alkanes) is 1. The third-order valence-corrected chi connectivity index (χ3v) is 1.71. The molecule has 1 N–H and O–H groups in total. The number of hydrogen-bond acceptors (Lipinski definition) is 3. The van der Waals surface area contributed by atoms with E-state index in [1.54, 1.807) is 0 Å². The van der Waals surface area contributed by atoms with E-state index in [1.165, 1.54) is 12.8 Å². The molecule has 1 aliphatic rings. The molecule has 0 unspecified atom stereocenters. The van der Waals surface area contributed by atoms with E-state index in [2.05, 4.69) is 12.2 Å². The summed E-state index contributed by atoms with van der Waals surface area (Å²) >= 11 is 0. The van der Waals surface area contributed by atoms with Gasteiger partial charge in [-0.25, -0.2) is 0 Å². The Kier molecular flexibility index (Phi) is 4.50. The van der Waals surface area contributed by atoms with Crippen LogP contribution in [0.4, 0.5) is 0 Å². The zero-order valence-corrected chi connectivity index (χ0v) is 7.14. The van der Waals surface area contributed by atoms with Gasteiger partial charge in [-0.15, -0.1) is 0 Å². The van der Waals surface area contributed by atoms with Crippen LogP contribution in [0.1, 0.15) is 19.8 Å². The Morgan fingerprint density at radius 3 is 2.73 bits per heavy atom. The summed E-state index contributed by atoms with van der Waals surface area (Å²) in [5.41, 5.74) is 0. The van der Waals surface area contributed by atoms with Crippen LogP contribution in [-0.2, 0) is 9.47 Å². The second-order valence-corrected chi connectivity index (χ2v) is 2.73. The van der Waals surface area contributed by atoms with E-state index in [4.69, 9.17) is 9.47 Å². The van der Waals surface area contributed by atoms with E-state index >= 15 is 0 Å². The third kappa shape index (κ3) is 3.70. The molecule has 0 amide bonds. The van der Waals surface area contributed by atoms with Gasteiger partial charge in [0.1, 0.15) is 0 Å². The van der Waals surface area contributed by atoms with Gasteiger partial charge in [-0.05, 0) is 13.0 Å². The largest absolute Gasteiger partial charge is 0.349 e. The molecule has 0 aliphatic carbocycles. The maximum atomic E-state index is 5.25. The van der Waals surface area contributed by atoms with Gasteiger partial charge in [0.25, 0.3) is 0 Å². The molecule has 0 aromatic rings. The van der Waals surface area contributed by atoms with Crippen molar-refractivity contribution in [2.75, 3.05) is 26.3 Å². The first-order valence-electron chi connectivity index (χ1n) is 4.37. The Morgan fingerprint density at radius 1 is 1.36 bits per heavy atom. The molecular formula is C8H17NO2. The topological polar surface area (TPSA) is 30.5 Å². The van der Waals surface area contributed by atoms with Gasteiger partial charge >= 0.3 is 0 Å². The van der Waals surface area contributed by atoms with Crippen molar-refractivity contribution in [3.63, 3.8) is 0 Å². The van der Waals surface area contributed by atoms with Crippen LogP contribution in [0.3, 0.4) is 0 Å². The Morgan fingerprint density at radius 2 is 2.09 bits per heavy atom. The van der Waals surface area contributed by atoms with Crippen LogP contribution < -0.4 is 5.32 Å². The SMILES string of the molecule is CCCCNCC1OCCO1. The summed E-state index contributed by atoms with van der Waals surface area (Å²) in [6, 6.07) is 0. The van der Waals surface area contributed by atoms with Gasteiger partial charge in [0.05, 0.1) is 13.2 Å². The monoisotopic (exact) mass is 159 g/mol. The zero-order chi connectivity index (χ0) is 7.94. The fraction of sp³-hybridized carbons (Fsp3) is 1.00. The second-order valence-electron chi connectivity index (χ2n) is 2.73. The molecule has 0 bridgehead atoms. The minimum Gasteiger partial charge on any atom is -0.349 e. The lowest BCUT2D eigenvalue weighted by atomic mass is 10.3. The van der Waals surface area contributed by atoms with Crippen LogP contribution in [0.25, 0.3) is 0 Å². The highest BCUT2D eigenvalue weighted by Gasteiger charge is 2.14. The van der Waals surface area contributed by atoms with Crippen molar-refractivity contribution in [3.8, 4) is 0 Å². The molecule has 1 fully saturated rings. The lowest BCUT2D eigenvalue weighted by Gasteiger charge is -2.09. The van der Waals surface area contributed by atoms with Crippen molar-refractivity contribution >= 4 is 0 Å². The minimum absolute atomic E-state index is 0.00635. The summed E-state index contributed by atoms with van der Waals surface area (Å²) in [6.45, 7) is 5.59. The van der Waals surface area contributed by atoms with Crippen molar-refractivity contribution in [3.05, 3.63) is 0 Å². The van der Waals surface area contributed by atoms with E-state index in [9.17, 15) is 0 Å². The fourth-order valence-corrected chi connectivity index (χ4v) is 1.05. The van der Waals surface area contributed by atoms with E-state index in [0.717, 1.165) is 26.3 Å². The Bertz CT molecular complexity index is 92.1. The van der Waals surface area contributed by atoms with E-state index in [1.807, 2.05) is 0 Å². The van der Waals surface area contributed by atoms with Gasteiger partial charge in [-0.1, -0.05) is 13.3 Å². The summed E-state index contributed by atoms with van der Waals surface area (Å²) in [4.78, 5) is 0. The molecule has 0 spiro atoms. The van der Waals surface area contributed by atoms with Crippen LogP contribution in [0.5, 0.6) is 0 Å².